The first-order chi connectivity index (χ1) is 10.4. The van der Waals surface area contributed by atoms with Crippen LogP contribution in [0, 0.1) is 0 Å². The van der Waals surface area contributed by atoms with E-state index < -0.39 is 10.0 Å². The fourth-order valence-corrected chi connectivity index (χ4v) is 3.42. The van der Waals surface area contributed by atoms with Crippen LogP contribution in [0.5, 0.6) is 0 Å². The Balaban J connectivity index is 1.92. The van der Waals surface area contributed by atoms with Crippen molar-refractivity contribution >= 4 is 33.0 Å². The Bertz CT molecular complexity index is 901. The molecule has 1 heterocycles. The molecule has 112 valence electrons. The summed E-state index contributed by atoms with van der Waals surface area (Å²) in [6.45, 7) is 0. The molecule has 7 heteroatoms. The van der Waals surface area contributed by atoms with Crippen LogP contribution < -0.4 is 5.14 Å². The highest BCUT2D eigenvalue weighted by Crippen LogP contribution is 2.29. The monoisotopic (exact) mass is 350 g/mol. The van der Waals surface area contributed by atoms with Crippen molar-refractivity contribution in [2.24, 2.45) is 5.14 Å². The number of halogens is 1. The van der Waals surface area contributed by atoms with Crippen molar-refractivity contribution in [3.8, 4) is 21.8 Å². The average molecular weight is 351 g/mol. The fourth-order valence-electron chi connectivity index (χ4n) is 1.95. The largest absolute Gasteiger partial charge is 0.238 e. The van der Waals surface area contributed by atoms with Gasteiger partial charge in [0, 0.05) is 21.5 Å². The van der Waals surface area contributed by atoms with Crippen LogP contribution in [0.15, 0.2) is 58.8 Å². The van der Waals surface area contributed by atoms with Gasteiger partial charge in [-0.2, -0.15) is 0 Å². The second kappa shape index (κ2) is 5.81. The number of hydrogen-bond acceptors (Lipinski definition) is 4. The van der Waals surface area contributed by atoms with Crippen molar-refractivity contribution in [1.82, 2.24) is 4.98 Å². The molecule has 2 aromatic carbocycles. The molecular weight excluding hydrogens is 340 g/mol. The quantitative estimate of drug-likeness (QED) is 0.781. The molecule has 0 atom stereocenters. The first-order valence-corrected chi connectivity index (χ1v) is 9.08. The number of sulfonamides is 1. The lowest BCUT2D eigenvalue weighted by Crippen LogP contribution is -2.11. The van der Waals surface area contributed by atoms with E-state index in [9.17, 15) is 8.42 Å². The van der Waals surface area contributed by atoms with E-state index >= 15 is 0 Å². The van der Waals surface area contributed by atoms with Crippen molar-refractivity contribution in [3.63, 3.8) is 0 Å². The fraction of sp³-hybridized carbons (Fsp3) is 0. The van der Waals surface area contributed by atoms with Crippen LogP contribution in [0.3, 0.4) is 0 Å². The Labute approximate surface area is 137 Å². The molecule has 0 bridgehead atoms. The zero-order chi connectivity index (χ0) is 15.7. The number of rotatable bonds is 3. The molecular formula is C15H11ClN2O2S2. The lowest BCUT2D eigenvalue weighted by molar-refractivity contribution is 0.598. The van der Waals surface area contributed by atoms with Crippen LogP contribution in [0.4, 0.5) is 0 Å². The van der Waals surface area contributed by atoms with Gasteiger partial charge in [0.2, 0.25) is 10.0 Å². The molecule has 0 fully saturated rings. The second-order valence-corrected chi connectivity index (χ2v) is 7.47. The van der Waals surface area contributed by atoms with Gasteiger partial charge in [-0.25, -0.2) is 18.5 Å². The van der Waals surface area contributed by atoms with E-state index in [0.717, 1.165) is 21.8 Å². The van der Waals surface area contributed by atoms with Gasteiger partial charge in [-0.1, -0.05) is 35.9 Å². The van der Waals surface area contributed by atoms with Gasteiger partial charge in [-0.3, -0.25) is 0 Å². The summed E-state index contributed by atoms with van der Waals surface area (Å²) in [6, 6.07) is 13.8. The lowest BCUT2D eigenvalue weighted by atomic mass is 10.2. The van der Waals surface area contributed by atoms with Crippen molar-refractivity contribution in [2.75, 3.05) is 0 Å². The van der Waals surface area contributed by atoms with E-state index in [1.165, 1.54) is 23.5 Å². The molecule has 0 aliphatic rings. The topological polar surface area (TPSA) is 73.1 Å². The van der Waals surface area contributed by atoms with Crippen LogP contribution in [-0.4, -0.2) is 13.4 Å². The maximum Gasteiger partial charge on any atom is 0.238 e. The standard InChI is InChI=1S/C15H11ClN2O2S2/c16-12-5-1-11(2-6-12)15-18-14(9-21-15)10-3-7-13(8-4-10)22(17,19)20/h1-9H,(H2,17,19,20). The number of nitrogens with zero attached hydrogens (tertiary/aromatic N) is 1. The summed E-state index contributed by atoms with van der Waals surface area (Å²) in [7, 11) is -3.67. The Morgan fingerprint density at radius 3 is 2.14 bits per heavy atom. The van der Waals surface area contributed by atoms with Gasteiger partial charge in [0.15, 0.2) is 0 Å². The van der Waals surface area contributed by atoms with Gasteiger partial charge < -0.3 is 0 Å². The highest BCUT2D eigenvalue weighted by molar-refractivity contribution is 7.89. The molecule has 1 aromatic heterocycles. The Kier molecular flexibility index (Phi) is 4.01. The van der Waals surface area contributed by atoms with Crippen LogP contribution in [0.2, 0.25) is 5.02 Å². The van der Waals surface area contributed by atoms with Gasteiger partial charge in [0.25, 0.3) is 0 Å². The lowest BCUT2D eigenvalue weighted by Gasteiger charge is -2.00. The Morgan fingerprint density at radius 2 is 1.55 bits per heavy atom. The van der Waals surface area contributed by atoms with Crippen molar-refractivity contribution in [3.05, 3.63) is 58.9 Å². The van der Waals surface area contributed by atoms with Gasteiger partial charge in [0.1, 0.15) is 5.01 Å². The number of primary sulfonamides is 1. The molecule has 0 aliphatic heterocycles. The highest BCUT2D eigenvalue weighted by Gasteiger charge is 2.10. The third-order valence-corrected chi connectivity index (χ3v) is 5.15. The number of aromatic nitrogens is 1. The Morgan fingerprint density at radius 1 is 0.955 bits per heavy atom. The van der Waals surface area contributed by atoms with E-state index in [-0.39, 0.29) is 4.90 Å². The minimum absolute atomic E-state index is 0.0874. The molecule has 3 rings (SSSR count). The highest BCUT2D eigenvalue weighted by atomic mass is 35.5. The first-order valence-electron chi connectivity index (χ1n) is 6.28. The van der Waals surface area contributed by atoms with Crippen LogP contribution >= 0.6 is 22.9 Å². The van der Waals surface area contributed by atoms with E-state index in [1.54, 1.807) is 12.1 Å². The molecule has 0 unspecified atom stereocenters. The van der Waals surface area contributed by atoms with E-state index in [0.29, 0.717) is 5.02 Å². The number of nitrogens with two attached hydrogens (primary N) is 1. The molecule has 22 heavy (non-hydrogen) atoms. The van der Waals surface area contributed by atoms with Crippen LogP contribution in [0.25, 0.3) is 21.8 Å². The minimum Gasteiger partial charge on any atom is -0.236 e. The van der Waals surface area contributed by atoms with Gasteiger partial charge in [-0.15, -0.1) is 11.3 Å². The normalized spacial score (nSPS) is 11.5. The van der Waals surface area contributed by atoms with E-state index in [4.69, 9.17) is 16.7 Å². The Hall–Kier alpha value is -1.73. The predicted molar refractivity (Wildman–Crippen MR) is 89.4 cm³/mol. The molecule has 0 saturated carbocycles. The zero-order valence-electron chi connectivity index (χ0n) is 11.2. The minimum atomic E-state index is -3.67. The first kappa shape index (κ1) is 15.2. The van der Waals surface area contributed by atoms with Crippen molar-refractivity contribution in [2.45, 2.75) is 4.90 Å². The molecule has 4 nitrogen and oxygen atoms in total. The predicted octanol–water partition coefficient (Wildman–Crippen LogP) is 3.78. The second-order valence-electron chi connectivity index (χ2n) is 4.61. The summed E-state index contributed by atoms with van der Waals surface area (Å²) in [4.78, 5) is 4.65. The van der Waals surface area contributed by atoms with Crippen molar-refractivity contribution < 1.29 is 8.42 Å². The van der Waals surface area contributed by atoms with Crippen LogP contribution in [0.1, 0.15) is 0 Å². The average Bonchev–Trinajstić information content (AvgIpc) is 2.97. The van der Waals surface area contributed by atoms with E-state index in [2.05, 4.69) is 4.98 Å². The molecule has 0 aliphatic carbocycles. The number of thiazole rings is 1. The van der Waals surface area contributed by atoms with Crippen molar-refractivity contribution in [1.29, 1.82) is 0 Å². The van der Waals surface area contributed by atoms with Gasteiger partial charge in [-0.05, 0) is 24.3 Å². The SMILES string of the molecule is NS(=O)(=O)c1ccc(-c2csc(-c3ccc(Cl)cc3)n2)cc1. The third-order valence-electron chi connectivity index (χ3n) is 3.07. The maximum absolute atomic E-state index is 11.3. The molecule has 0 radical (unpaired) electrons. The molecule has 0 saturated heterocycles. The van der Waals surface area contributed by atoms with Gasteiger partial charge in [0.05, 0.1) is 10.6 Å². The summed E-state index contributed by atoms with van der Waals surface area (Å²) >= 11 is 7.39. The summed E-state index contributed by atoms with van der Waals surface area (Å²) in [5.74, 6) is 0. The van der Waals surface area contributed by atoms with E-state index in [1.807, 2.05) is 29.6 Å². The number of benzene rings is 2. The molecule has 2 N–H and O–H groups in total. The summed E-state index contributed by atoms with van der Waals surface area (Å²) in [5, 5.41) is 8.57. The number of hydrogen-bond donors (Lipinski definition) is 1. The molecule has 3 aromatic rings. The van der Waals surface area contributed by atoms with Gasteiger partial charge >= 0.3 is 0 Å². The summed E-state index contributed by atoms with van der Waals surface area (Å²) in [5.41, 5.74) is 2.61. The third kappa shape index (κ3) is 3.20. The molecule has 0 amide bonds. The maximum atomic E-state index is 11.3. The molecule has 0 spiro atoms. The smallest absolute Gasteiger partial charge is 0.236 e. The van der Waals surface area contributed by atoms with Crippen LogP contribution in [-0.2, 0) is 10.0 Å². The zero-order valence-corrected chi connectivity index (χ0v) is 13.6. The summed E-state index contributed by atoms with van der Waals surface area (Å²) in [6.07, 6.45) is 0. The summed E-state index contributed by atoms with van der Waals surface area (Å²) < 4.78 is 22.5.